The third kappa shape index (κ3) is 2.90. The number of hydrogen-bond donors (Lipinski definition) is 0. The van der Waals surface area contributed by atoms with E-state index in [0.717, 1.165) is 4.57 Å². The molecule has 154 valence electrons. The molecule has 7 nitrogen and oxygen atoms in total. The molecule has 0 N–H and O–H groups in total. The van der Waals surface area contributed by atoms with Gasteiger partial charge in [-0.1, -0.05) is 29.8 Å². The molecule has 0 aliphatic rings. The van der Waals surface area contributed by atoms with Gasteiger partial charge in [0.15, 0.2) is 0 Å². The van der Waals surface area contributed by atoms with Gasteiger partial charge in [-0.05, 0) is 18.2 Å². The van der Waals surface area contributed by atoms with Crippen molar-refractivity contribution in [3.63, 3.8) is 0 Å². The largest absolute Gasteiger partial charge is 0.497 e. The lowest BCUT2D eigenvalue weighted by Gasteiger charge is -2.15. The first-order chi connectivity index (χ1) is 14.4. The lowest BCUT2D eigenvalue weighted by atomic mass is 10.1. The van der Waals surface area contributed by atoms with Gasteiger partial charge in [0, 0.05) is 36.9 Å². The summed E-state index contributed by atoms with van der Waals surface area (Å²) in [5.41, 5.74) is 1.56. The molecule has 8 heteroatoms. The van der Waals surface area contributed by atoms with E-state index in [-0.39, 0.29) is 0 Å². The second kappa shape index (κ2) is 7.42. The van der Waals surface area contributed by atoms with Crippen LogP contribution in [0.15, 0.2) is 58.3 Å². The maximum atomic E-state index is 13.2. The normalized spacial score (nSPS) is 11.1. The maximum Gasteiger partial charge on any atom is 0.330 e. The Morgan fingerprint density at radius 1 is 0.933 bits per heavy atom. The fourth-order valence-electron chi connectivity index (χ4n) is 3.63. The second-order valence-corrected chi connectivity index (χ2v) is 7.24. The van der Waals surface area contributed by atoms with Crippen LogP contribution in [0.1, 0.15) is 0 Å². The average Bonchev–Trinajstić information content (AvgIpc) is 3.16. The number of aromatic nitrogens is 3. The molecule has 0 saturated carbocycles. The number of aryl methyl sites for hydroxylation is 1. The van der Waals surface area contributed by atoms with Crippen LogP contribution in [0.5, 0.6) is 11.5 Å². The van der Waals surface area contributed by atoms with Crippen LogP contribution < -0.4 is 20.7 Å². The number of hydrogen-bond acceptors (Lipinski definition) is 4. The van der Waals surface area contributed by atoms with E-state index in [1.165, 1.54) is 11.6 Å². The van der Waals surface area contributed by atoms with Crippen molar-refractivity contribution in [2.75, 3.05) is 14.2 Å². The van der Waals surface area contributed by atoms with Gasteiger partial charge in [-0.2, -0.15) is 0 Å². The Balaban J connectivity index is 2.25. The summed E-state index contributed by atoms with van der Waals surface area (Å²) in [5, 5.41) is 0.870. The molecule has 0 unspecified atom stereocenters. The molecular weight excluding hydrogens is 406 g/mol. The highest BCUT2D eigenvalue weighted by Gasteiger charge is 2.23. The Kier molecular flexibility index (Phi) is 4.91. The van der Waals surface area contributed by atoms with Crippen molar-refractivity contribution in [3.05, 3.63) is 74.5 Å². The van der Waals surface area contributed by atoms with Crippen molar-refractivity contribution in [2.45, 2.75) is 0 Å². The quantitative estimate of drug-likeness (QED) is 0.503. The van der Waals surface area contributed by atoms with Gasteiger partial charge < -0.3 is 14.0 Å². The molecule has 2 heterocycles. The minimum atomic E-state index is -0.409. The number of nitrogens with zero attached hydrogens (tertiary/aromatic N) is 3. The Morgan fingerprint density at radius 2 is 1.67 bits per heavy atom. The van der Waals surface area contributed by atoms with Crippen molar-refractivity contribution in [2.24, 2.45) is 14.1 Å². The lowest BCUT2D eigenvalue weighted by Crippen LogP contribution is -2.36. The predicted octanol–water partition coefficient (Wildman–Crippen LogP) is 3.37. The van der Waals surface area contributed by atoms with Crippen LogP contribution in [0, 0.1) is 0 Å². The van der Waals surface area contributed by atoms with Crippen LogP contribution in [0.25, 0.3) is 27.8 Å². The molecule has 0 aliphatic heterocycles. The third-order valence-corrected chi connectivity index (χ3v) is 5.54. The van der Waals surface area contributed by atoms with Crippen LogP contribution in [-0.4, -0.2) is 27.9 Å². The summed E-state index contributed by atoms with van der Waals surface area (Å²) in [6, 6.07) is 12.6. The van der Waals surface area contributed by atoms with E-state index in [9.17, 15) is 9.59 Å². The number of benzene rings is 2. The van der Waals surface area contributed by atoms with Crippen molar-refractivity contribution >= 4 is 22.5 Å². The first kappa shape index (κ1) is 19.8. The van der Waals surface area contributed by atoms with Crippen LogP contribution in [0.4, 0.5) is 0 Å². The summed E-state index contributed by atoms with van der Waals surface area (Å²) in [5.74, 6) is 1.20. The molecule has 2 aromatic heterocycles. The van der Waals surface area contributed by atoms with Gasteiger partial charge in [0.2, 0.25) is 0 Å². The number of rotatable bonds is 4. The lowest BCUT2D eigenvalue weighted by molar-refractivity contribution is 0.401. The Bertz CT molecular complexity index is 1400. The minimum Gasteiger partial charge on any atom is -0.497 e. The molecule has 30 heavy (non-hydrogen) atoms. The highest BCUT2D eigenvalue weighted by Crippen LogP contribution is 2.38. The summed E-state index contributed by atoms with van der Waals surface area (Å²) in [6.07, 6.45) is 1.74. The maximum absolute atomic E-state index is 13.2. The van der Waals surface area contributed by atoms with Crippen molar-refractivity contribution in [1.29, 1.82) is 0 Å². The van der Waals surface area contributed by atoms with E-state index >= 15 is 0 Å². The molecule has 4 aromatic rings. The van der Waals surface area contributed by atoms with Gasteiger partial charge in [0.05, 0.1) is 36.5 Å². The molecule has 0 fully saturated rings. The molecule has 0 spiro atoms. The molecule has 0 atom stereocenters. The number of methoxy groups -OCH3 is 2. The van der Waals surface area contributed by atoms with E-state index in [0.29, 0.717) is 44.4 Å². The highest BCUT2D eigenvalue weighted by molar-refractivity contribution is 6.33. The fourth-order valence-corrected chi connectivity index (χ4v) is 3.86. The summed E-state index contributed by atoms with van der Waals surface area (Å²) in [4.78, 5) is 25.7. The minimum absolute atomic E-state index is 0.387. The Morgan fingerprint density at radius 3 is 2.33 bits per heavy atom. The summed E-state index contributed by atoms with van der Waals surface area (Å²) < 4.78 is 15.3. The fraction of sp³-hybridized carbons (Fsp3) is 0.182. The van der Waals surface area contributed by atoms with Gasteiger partial charge >= 0.3 is 5.69 Å². The topological polar surface area (TPSA) is 67.4 Å². The van der Waals surface area contributed by atoms with Crippen molar-refractivity contribution in [3.8, 4) is 28.4 Å². The van der Waals surface area contributed by atoms with E-state index in [4.69, 9.17) is 21.1 Å². The molecule has 0 radical (unpaired) electrons. The molecule has 0 aliphatic carbocycles. The zero-order valence-electron chi connectivity index (χ0n) is 17.0. The monoisotopic (exact) mass is 425 g/mol. The molecule has 0 bridgehead atoms. The van der Waals surface area contributed by atoms with Crippen LogP contribution >= 0.6 is 11.6 Å². The number of halogens is 1. The van der Waals surface area contributed by atoms with Crippen molar-refractivity contribution in [1.82, 2.24) is 13.7 Å². The first-order valence-corrected chi connectivity index (χ1v) is 9.55. The smallest absolute Gasteiger partial charge is 0.330 e. The molecule has 0 amide bonds. The number of ether oxygens (including phenoxy) is 2. The van der Waals surface area contributed by atoms with Gasteiger partial charge in [-0.15, -0.1) is 0 Å². The van der Waals surface area contributed by atoms with Gasteiger partial charge in [0.25, 0.3) is 5.56 Å². The standard InChI is InChI=1S/C22H20ClN3O4/c1-24-17-12-26(16-11-13(29-3)9-10-18(16)30-4)20(14-7-5-6-8-15(14)23)19(17)21(27)25(2)22(24)28/h5-12H,1-4H3. The second-order valence-electron chi connectivity index (χ2n) is 6.83. The Labute approximate surface area is 177 Å². The SMILES string of the molecule is COc1ccc(OC)c(-n2cc3c(c2-c2ccccc2Cl)c(=O)n(C)c(=O)n3C)c1. The number of fused-ring (bicyclic) bond motifs is 1. The summed E-state index contributed by atoms with van der Waals surface area (Å²) in [7, 11) is 6.24. The molecule has 2 aromatic carbocycles. The highest BCUT2D eigenvalue weighted by atomic mass is 35.5. The van der Waals surface area contributed by atoms with Crippen LogP contribution in [0.2, 0.25) is 5.02 Å². The summed E-state index contributed by atoms with van der Waals surface area (Å²) >= 11 is 6.52. The Hall–Kier alpha value is -3.45. The van der Waals surface area contributed by atoms with Gasteiger partial charge in [-0.25, -0.2) is 4.79 Å². The van der Waals surface area contributed by atoms with Gasteiger partial charge in [0.1, 0.15) is 11.5 Å². The van der Waals surface area contributed by atoms with Gasteiger partial charge in [-0.3, -0.25) is 13.9 Å². The zero-order valence-corrected chi connectivity index (χ0v) is 17.7. The van der Waals surface area contributed by atoms with E-state index < -0.39 is 11.2 Å². The third-order valence-electron chi connectivity index (χ3n) is 5.21. The van der Waals surface area contributed by atoms with Crippen LogP contribution in [0.3, 0.4) is 0 Å². The van der Waals surface area contributed by atoms with Crippen molar-refractivity contribution < 1.29 is 9.47 Å². The average molecular weight is 426 g/mol. The van der Waals surface area contributed by atoms with Crippen LogP contribution in [-0.2, 0) is 14.1 Å². The van der Waals surface area contributed by atoms with E-state index in [2.05, 4.69) is 0 Å². The molecule has 4 rings (SSSR count). The summed E-state index contributed by atoms with van der Waals surface area (Å²) in [6.45, 7) is 0. The van der Waals surface area contributed by atoms with E-state index in [1.807, 2.05) is 22.8 Å². The molecule has 0 saturated heterocycles. The first-order valence-electron chi connectivity index (χ1n) is 9.17. The van der Waals surface area contributed by atoms with E-state index in [1.54, 1.807) is 51.7 Å². The predicted molar refractivity (Wildman–Crippen MR) is 117 cm³/mol. The molecular formula is C22H20ClN3O4. The zero-order chi connectivity index (χ0) is 21.6.